The van der Waals surface area contributed by atoms with Crippen molar-refractivity contribution in [3.63, 3.8) is 0 Å². The lowest BCUT2D eigenvalue weighted by Crippen LogP contribution is -2.28. The van der Waals surface area contributed by atoms with Gasteiger partial charge < -0.3 is 20.1 Å². The zero-order valence-corrected chi connectivity index (χ0v) is 17.3. The van der Waals surface area contributed by atoms with Crippen molar-refractivity contribution in [2.24, 2.45) is 0 Å². The summed E-state index contributed by atoms with van der Waals surface area (Å²) in [6, 6.07) is 22.5. The SMILES string of the molecule is COCCNC(=O)Cc1ccc(NC(=O)C2c3ccccc3Oc3ccccc32)cc1. The second-order valence-corrected chi connectivity index (χ2v) is 7.32. The fourth-order valence-electron chi connectivity index (χ4n) is 3.65. The third kappa shape index (κ3) is 4.75. The number of amides is 2. The molecule has 0 saturated carbocycles. The number of hydrogen-bond acceptors (Lipinski definition) is 4. The molecule has 3 aromatic carbocycles. The van der Waals surface area contributed by atoms with Gasteiger partial charge in [0.25, 0.3) is 0 Å². The monoisotopic (exact) mass is 416 g/mol. The van der Waals surface area contributed by atoms with Crippen LogP contribution < -0.4 is 15.4 Å². The minimum Gasteiger partial charge on any atom is -0.457 e. The molecule has 1 aliphatic heterocycles. The second-order valence-electron chi connectivity index (χ2n) is 7.32. The van der Waals surface area contributed by atoms with Crippen LogP contribution in [0.15, 0.2) is 72.8 Å². The van der Waals surface area contributed by atoms with Crippen LogP contribution in [0.5, 0.6) is 11.5 Å². The quantitative estimate of drug-likeness (QED) is 0.574. The Bertz CT molecular complexity index is 1030. The van der Waals surface area contributed by atoms with Crippen LogP contribution in [0, 0.1) is 0 Å². The van der Waals surface area contributed by atoms with E-state index in [-0.39, 0.29) is 18.2 Å². The first kappa shape index (κ1) is 20.6. The molecule has 0 atom stereocenters. The van der Waals surface area contributed by atoms with E-state index >= 15 is 0 Å². The van der Waals surface area contributed by atoms with Crippen molar-refractivity contribution >= 4 is 17.5 Å². The minimum absolute atomic E-state index is 0.0655. The Morgan fingerprint density at radius 2 is 1.52 bits per heavy atom. The van der Waals surface area contributed by atoms with E-state index in [1.807, 2.05) is 72.8 Å². The van der Waals surface area contributed by atoms with E-state index in [4.69, 9.17) is 9.47 Å². The van der Waals surface area contributed by atoms with Crippen molar-refractivity contribution in [2.45, 2.75) is 12.3 Å². The number of rotatable bonds is 7. The summed E-state index contributed by atoms with van der Waals surface area (Å²) in [5, 5.41) is 5.80. The molecule has 6 heteroatoms. The van der Waals surface area contributed by atoms with Crippen LogP contribution in [0.3, 0.4) is 0 Å². The highest BCUT2D eigenvalue weighted by atomic mass is 16.5. The predicted molar refractivity (Wildman–Crippen MR) is 118 cm³/mol. The van der Waals surface area contributed by atoms with Gasteiger partial charge in [0.1, 0.15) is 11.5 Å². The average Bonchev–Trinajstić information content (AvgIpc) is 2.79. The van der Waals surface area contributed by atoms with Crippen molar-refractivity contribution in [2.75, 3.05) is 25.6 Å². The summed E-state index contributed by atoms with van der Waals surface area (Å²) in [7, 11) is 1.59. The molecule has 0 fully saturated rings. The third-order valence-electron chi connectivity index (χ3n) is 5.16. The molecule has 0 spiro atoms. The molecule has 0 unspecified atom stereocenters. The first-order valence-electron chi connectivity index (χ1n) is 10.2. The van der Waals surface area contributed by atoms with E-state index in [0.717, 1.165) is 16.7 Å². The molecule has 4 rings (SSSR count). The first-order valence-corrected chi connectivity index (χ1v) is 10.2. The van der Waals surface area contributed by atoms with Gasteiger partial charge in [0.2, 0.25) is 11.8 Å². The number of fused-ring (bicyclic) bond motifs is 2. The highest BCUT2D eigenvalue weighted by Crippen LogP contribution is 2.44. The van der Waals surface area contributed by atoms with Gasteiger partial charge >= 0.3 is 0 Å². The number of benzene rings is 3. The molecular formula is C25H24N2O4. The van der Waals surface area contributed by atoms with E-state index in [9.17, 15) is 9.59 Å². The summed E-state index contributed by atoms with van der Waals surface area (Å²) >= 11 is 0. The minimum atomic E-state index is -0.465. The van der Waals surface area contributed by atoms with E-state index in [0.29, 0.717) is 30.3 Å². The molecule has 0 aliphatic carbocycles. The number of carbonyl (C=O) groups is 2. The maximum atomic E-state index is 13.3. The van der Waals surface area contributed by atoms with Gasteiger partial charge in [0, 0.05) is 30.5 Å². The van der Waals surface area contributed by atoms with Gasteiger partial charge in [0.05, 0.1) is 18.9 Å². The lowest BCUT2D eigenvalue weighted by atomic mass is 9.87. The van der Waals surface area contributed by atoms with Gasteiger partial charge in [0.15, 0.2) is 0 Å². The van der Waals surface area contributed by atoms with Crippen molar-refractivity contribution in [3.8, 4) is 11.5 Å². The summed E-state index contributed by atoms with van der Waals surface area (Å²) in [6.45, 7) is 0.965. The number of hydrogen-bond donors (Lipinski definition) is 2. The van der Waals surface area contributed by atoms with Crippen molar-refractivity contribution in [3.05, 3.63) is 89.5 Å². The summed E-state index contributed by atoms with van der Waals surface area (Å²) in [6.07, 6.45) is 0.276. The van der Waals surface area contributed by atoms with Gasteiger partial charge in [-0.2, -0.15) is 0 Å². The van der Waals surface area contributed by atoms with Crippen molar-refractivity contribution in [1.82, 2.24) is 5.32 Å². The number of carbonyl (C=O) groups excluding carboxylic acids is 2. The Balaban J connectivity index is 1.47. The first-order chi connectivity index (χ1) is 15.2. The predicted octanol–water partition coefficient (Wildman–Crippen LogP) is 3.87. The smallest absolute Gasteiger partial charge is 0.236 e. The number of para-hydroxylation sites is 2. The molecule has 1 heterocycles. The standard InChI is InChI=1S/C25H24N2O4/c1-30-15-14-26-23(28)16-17-10-12-18(13-11-17)27-25(29)24-19-6-2-4-8-21(19)31-22-9-5-3-7-20(22)24/h2-13,24H,14-16H2,1H3,(H,26,28)(H,27,29). The van der Waals surface area contributed by atoms with E-state index in [1.54, 1.807) is 7.11 Å². The van der Waals surface area contributed by atoms with Crippen molar-refractivity contribution < 1.29 is 19.1 Å². The molecule has 31 heavy (non-hydrogen) atoms. The topological polar surface area (TPSA) is 76.7 Å². The fraction of sp³-hybridized carbons (Fsp3) is 0.200. The summed E-state index contributed by atoms with van der Waals surface area (Å²) < 4.78 is 10.9. The molecular weight excluding hydrogens is 392 g/mol. The molecule has 158 valence electrons. The molecule has 0 bridgehead atoms. The molecule has 1 aliphatic rings. The number of nitrogens with one attached hydrogen (secondary N) is 2. The normalized spacial score (nSPS) is 12.3. The molecule has 0 radical (unpaired) electrons. The average molecular weight is 416 g/mol. The molecule has 6 nitrogen and oxygen atoms in total. The lowest BCUT2D eigenvalue weighted by Gasteiger charge is -2.27. The van der Waals surface area contributed by atoms with Gasteiger partial charge in [-0.3, -0.25) is 9.59 Å². The Kier molecular flexibility index (Phi) is 6.29. The zero-order valence-electron chi connectivity index (χ0n) is 17.3. The van der Waals surface area contributed by atoms with Crippen LogP contribution in [0.2, 0.25) is 0 Å². The summed E-state index contributed by atoms with van der Waals surface area (Å²) in [5.41, 5.74) is 3.22. The Labute approximate surface area is 181 Å². The van der Waals surface area contributed by atoms with Gasteiger partial charge in [-0.25, -0.2) is 0 Å². The molecule has 0 aromatic heterocycles. The number of anilines is 1. The van der Waals surface area contributed by atoms with Crippen LogP contribution in [0.4, 0.5) is 5.69 Å². The van der Waals surface area contributed by atoms with Crippen LogP contribution in [0.25, 0.3) is 0 Å². The van der Waals surface area contributed by atoms with Gasteiger partial charge in [-0.1, -0.05) is 48.5 Å². The Morgan fingerprint density at radius 1 is 0.903 bits per heavy atom. The Morgan fingerprint density at radius 3 is 2.13 bits per heavy atom. The maximum Gasteiger partial charge on any atom is 0.236 e. The van der Waals surface area contributed by atoms with Crippen molar-refractivity contribution in [1.29, 1.82) is 0 Å². The molecule has 0 saturated heterocycles. The largest absolute Gasteiger partial charge is 0.457 e. The number of methoxy groups -OCH3 is 1. The van der Waals surface area contributed by atoms with E-state index < -0.39 is 5.92 Å². The summed E-state index contributed by atoms with van der Waals surface area (Å²) in [4.78, 5) is 25.2. The Hall–Kier alpha value is -3.64. The van der Waals surface area contributed by atoms with Gasteiger partial charge in [-0.15, -0.1) is 0 Å². The molecule has 2 N–H and O–H groups in total. The van der Waals surface area contributed by atoms with Crippen LogP contribution >= 0.6 is 0 Å². The second kappa shape index (κ2) is 9.45. The van der Waals surface area contributed by atoms with E-state index in [2.05, 4.69) is 10.6 Å². The van der Waals surface area contributed by atoms with Crippen LogP contribution in [-0.4, -0.2) is 32.1 Å². The highest BCUT2D eigenvalue weighted by molar-refractivity contribution is 5.99. The number of ether oxygens (including phenoxy) is 2. The fourth-order valence-corrected chi connectivity index (χ4v) is 3.65. The maximum absolute atomic E-state index is 13.3. The lowest BCUT2D eigenvalue weighted by molar-refractivity contribution is -0.120. The third-order valence-corrected chi connectivity index (χ3v) is 5.16. The van der Waals surface area contributed by atoms with Crippen LogP contribution in [-0.2, 0) is 20.7 Å². The molecule has 2 amide bonds. The molecule has 3 aromatic rings. The van der Waals surface area contributed by atoms with Gasteiger partial charge in [-0.05, 0) is 29.8 Å². The summed E-state index contributed by atoms with van der Waals surface area (Å²) in [5.74, 6) is 0.720. The highest BCUT2D eigenvalue weighted by Gasteiger charge is 2.32. The van der Waals surface area contributed by atoms with Crippen LogP contribution in [0.1, 0.15) is 22.6 Å². The van der Waals surface area contributed by atoms with E-state index in [1.165, 1.54) is 0 Å². The zero-order chi connectivity index (χ0) is 21.6.